The van der Waals surface area contributed by atoms with Crippen LogP contribution in [0.1, 0.15) is 31.3 Å². The predicted molar refractivity (Wildman–Crippen MR) is 103 cm³/mol. The van der Waals surface area contributed by atoms with Crippen LogP contribution in [0.2, 0.25) is 5.02 Å². The number of carbonyl (C=O) groups is 3. The van der Waals surface area contributed by atoms with Gasteiger partial charge in [0.1, 0.15) is 23.7 Å². The van der Waals surface area contributed by atoms with E-state index in [4.69, 9.17) is 17.3 Å². The molecule has 11 heteroatoms. The Morgan fingerprint density at radius 3 is 2.48 bits per heavy atom. The number of benzene rings is 1. The van der Waals surface area contributed by atoms with Crippen LogP contribution in [0.3, 0.4) is 0 Å². The molecule has 2 heterocycles. The summed E-state index contributed by atoms with van der Waals surface area (Å²) in [5, 5.41) is 4.87. The highest BCUT2D eigenvalue weighted by molar-refractivity contribution is 6.34. The number of halogens is 2. The van der Waals surface area contributed by atoms with Crippen molar-refractivity contribution in [3.8, 4) is 5.69 Å². The van der Waals surface area contributed by atoms with Crippen molar-refractivity contribution in [2.24, 2.45) is 5.73 Å². The van der Waals surface area contributed by atoms with Gasteiger partial charge in [0.05, 0.1) is 22.5 Å². The van der Waals surface area contributed by atoms with Crippen molar-refractivity contribution in [3.63, 3.8) is 0 Å². The van der Waals surface area contributed by atoms with Gasteiger partial charge >= 0.3 is 0 Å². The fraction of sp³-hybridized carbons (Fsp3) is 0.0556. The van der Waals surface area contributed by atoms with E-state index in [1.165, 1.54) is 42.3 Å². The Morgan fingerprint density at radius 2 is 1.90 bits per heavy atom. The summed E-state index contributed by atoms with van der Waals surface area (Å²) in [5.41, 5.74) is 5.62. The van der Waals surface area contributed by atoms with Gasteiger partial charge in [-0.25, -0.2) is 14.4 Å². The maximum atomic E-state index is 13.1. The quantitative estimate of drug-likeness (QED) is 0.583. The van der Waals surface area contributed by atoms with Gasteiger partial charge in [-0.3, -0.25) is 19.0 Å². The van der Waals surface area contributed by atoms with Gasteiger partial charge in [0.2, 0.25) is 0 Å². The standard InChI is InChI=1S/C18H14ClFN6O3/c1-22-18(29)14-15(16(21)27)26(8-24-14)10-3-5-13(23-7-10)25-17(28)11-4-2-9(20)6-12(11)19/h2-8H,1H3,(H2,21,27)(H,22,29)(H,23,25,28). The number of primary amides is 1. The van der Waals surface area contributed by atoms with E-state index >= 15 is 0 Å². The molecule has 0 radical (unpaired) electrons. The molecule has 0 bridgehead atoms. The van der Waals surface area contributed by atoms with Crippen LogP contribution in [0.25, 0.3) is 5.69 Å². The Morgan fingerprint density at radius 1 is 1.14 bits per heavy atom. The second-order valence-electron chi connectivity index (χ2n) is 5.74. The summed E-state index contributed by atoms with van der Waals surface area (Å²) in [6.45, 7) is 0. The predicted octanol–water partition coefficient (Wildman–Crippen LogP) is 1.77. The molecule has 1 aromatic carbocycles. The molecule has 9 nitrogen and oxygen atoms in total. The Hall–Kier alpha value is -3.79. The fourth-order valence-corrected chi connectivity index (χ4v) is 2.78. The molecule has 4 N–H and O–H groups in total. The van der Waals surface area contributed by atoms with Gasteiger partial charge in [-0.05, 0) is 30.3 Å². The average Bonchev–Trinajstić information content (AvgIpc) is 3.13. The molecule has 2 aromatic heterocycles. The topological polar surface area (TPSA) is 132 Å². The van der Waals surface area contributed by atoms with Crippen LogP contribution in [-0.4, -0.2) is 39.3 Å². The first-order valence-corrected chi connectivity index (χ1v) is 8.51. The minimum absolute atomic E-state index is 0.0367. The molecule has 0 aliphatic heterocycles. The van der Waals surface area contributed by atoms with Crippen LogP contribution in [0.5, 0.6) is 0 Å². The second-order valence-corrected chi connectivity index (χ2v) is 6.14. The minimum atomic E-state index is -0.843. The van der Waals surface area contributed by atoms with E-state index in [-0.39, 0.29) is 27.8 Å². The number of hydrogen-bond acceptors (Lipinski definition) is 5. The van der Waals surface area contributed by atoms with E-state index in [1.54, 1.807) is 0 Å². The van der Waals surface area contributed by atoms with Crippen molar-refractivity contribution in [2.45, 2.75) is 0 Å². The van der Waals surface area contributed by atoms with Gasteiger partial charge < -0.3 is 16.4 Å². The number of anilines is 1. The number of hydrogen-bond donors (Lipinski definition) is 3. The van der Waals surface area contributed by atoms with E-state index in [9.17, 15) is 18.8 Å². The first-order chi connectivity index (χ1) is 13.8. The molecule has 0 aliphatic carbocycles. The summed E-state index contributed by atoms with van der Waals surface area (Å²) in [6.07, 6.45) is 2.61. The van der Waals surface area contributed by atoms with E-state index < -0.39 is 23.5 Å². The largest absolute Gasteiger partial charge is 0.364 e. The summed E-state index contributed by atoms with van der Waals surface area (Å²) < 4.78 is 14.4. The molecule has 0 fully saturated rings. The van der Waals surface area contributed by atoms with Gasteiger partial charge in [0, 0.05) is 7.05 Å². The zero-order chi connectivity index (χ0) is 21.1. The van der Waals surface area contributed by atoms with Crippen molar-refractivity contribution >= 4 is 35.1 Å². The summed E-state index contributed by atoms with van der Waals surface area (Å²) in [6, 6.07) is 6.41. The lowest BCUT2D eigenvalue weighted by Gasteiger charge is -2.09. The molecule has 0 atom stereocenters. The van der Waals surface area contributed by atoms with E-state index in [0.29, 0.717) is 5.69 Å². The van der Waals surface area contributed by atoms with Gasteiger partial charge in [-0.15, -0.1) is 0 Å². The van der Waals surface area contributed by atoms with Gasteiger partial charge in [0.25, 0.3) is 17.7 Å². The van der Waals surface area contributed by atoms with Crippen LogP contribution in [0, 0.1) is 5.82 Å². The molecule has 0 unspecified atom stereocenters. The van der Waals surface area contributed by atoms with Crippen molar-refractivity contribution < 1.29 is 18.8 Å². The van der Waals surface area contributed by atoms with Gasteiger partial charge in [0.15, 0.2) is 5.69 Å². The van der Waals surface area contributed by atoms with Crippen LogP contribution < -0.4 is 16.4 Å². The SMILES string of the molecule is CNC(=O)c1ncn(-c2ccc(NC(=O)c3ccc(F)cc3Cl)nc2)c1C(N)=O. The Balaban J connectivity index is 1.86. The number of nitrogens with zero attached hydrogens (tertiary/aromatic N) is 3. The third-order valence-corrected chi connectivity index (χ3v) is 4.20. The lowest BCUT2D eigenvalue weighted by Crippen LogP contribution is -2.25. The van der Waals surface area contributed by atoms with Crippen molar-refractivity contribution in [1.29, 1.82) is 0 Å². The zero-order valence-electron chi connectivity index (χ0n) is 14.9. The molecular formula is C18H14ClFN6O3. The first kappa shape index (κ1) is 20.0. The summed E-state index contributed by atoms with van der Waals surface area (Å²) >= 11 is 5.87. The van der Waals surface area contributed by atoms with Crippen molar-refractivity contribution in [1.82, 2.24) is 19.9 Å². The first-order valence-electron chi connectivity index (χ1n) is 8.14. The Labute approximate surface area is 168 Å². The van der Waals surface area contributed by atoms with Crippen LogP contribution in [-0.2, 0) is 0 Å². The number of nitrogens with one attached hydrogen (secondary N) is 2. The monoisotopic (exact) mass is 416 g/mol. The van der Waals surface area contributed by atoms with Crippen LogP contribution in [0.15, 0.2) is 42.9 Å². The summed E-state index contributed by atoms with van der Waals surface area (Å²) in [4.78, 5) is 43.9. The number of rotatable bonds is 5. The highest BCUT2D eigenvalue weighted by Crippen LogP contribution is 2.20. The minimum Gasteiger partial charge on any atom is -0.364 e. The molecule has 0 saturated carbocycles. The zero-order valence-corrected chi connectivity index (χ0v) is 15.7. The molecule has 0 saturated heterocycles. The molecule has 3 rings (SSSR count). The summed E-state index contributed by atoms with van der Waals surface area (Å²) in [5.74, 6) is -2.35. The van der Waals surface area contributed by atoms with Gasteiger partial charge in [-0.1, -0.05) is 11.6 Å². The lowest BCUT2D eigenvalue weighted by molar-refractivity contribution is 0.0937. The van der Waals surface area contributed by atoms with Crippen molar-refractivity contribution in [2.75, 3.05) is 12.4 Å². The van der Waals surface area contributed by atoms with Crippen molar-refractivity contribution in [3.05, 3.63) is 70.6 Å². The number of nitrogens with two attached hydrogens (primary N) is 1. The van der Waals surface area contributed by atoms with Gasteiger partial charge in [-0.2, -0.15) is 0 Å². The van der Waals surface area contributed by atoms with E-state index in [1.807, 2.05) is 0 Å². The van der Waals surface area contributed by atoms with Crippen LogP contribution >= 0.6 is 11.6 Å². The molecule has 0 aliphatic rings. The maximum Gasteiger partial charge on any atom is 0.272 e. The highest BCUT2D eigenvalue weighted by Gasteiger charge is 2.22. The third kappa shape index (κ3) is 4.06. The normalized spacial score (nSPS) is 10.4. The number of amides is 3. The van der Waals surface area contributed by atoms with E-state index in [0.717, 1.165) is 12.1 Å². The molecule has 29 heavy (non-hydrogen) atoms. The molecule has 0 spiro atoms. The third-order valence-electron chi connectivity index (χ3n) is 3.89. The van der Waals surface area contributed by atoms with E-state index in [2.05, 4.69) is 20.6 Å². The van der Waals surface area contributed by atoms with Crippen LogP contribution in [0.4, 0.5) is 10.2 Å². The molecule has 148 valence electrons. The average molecular weight is 417 g/mol. The smallest absolute Gasteiger partial charge is 0.272 e. The second kappa shape index (κ2) is 8.07. The Bertz CT molecular complexity index is 1110. The number of pyridine rings is 1. The highest BCUT2D eigenvalue weighted by atomic mass is 35.5. The number of aromatic nitrogens is 3. The number of carbonyl (C=O) groups excluding carboxylic acids is 3. The molecular weight excluding hydrogens is 403 g/mol. The maximum absolute atomic E-state index is 13.1. The lowest BCUT2D eigenvalue weighted by atomic mass is 10.2. The fourth-order valence-electron chi connectivity index (χ4n) is 2.52. The number of imidazole rings is 1. The molecule has 3 aromatic rings. The molecule has 3 amide bonds. The Kier molecular flexibility index (Phi) is 5.55. The summed E-state index contributed by atoms with van der Waals surface area (Å²) in [7, 11) is 1.40.